The van der Waals surface area contributed by atoms with Crippen LogP contribution in [0.3, 0.4) is 0 Å². The Hall–Kier alpha value is -1.92. The molecular weight excluding hydrogens is 268 g/mol. The van der Waals surface area contributed by atoms with Crippen LogP contribution in [0.4, 0.5) is 17.6 Å². The monoisotopic (exact) mass is 278 g/mol. The third-order valence-corrected chi connectivity index (χ3v) is 2.40. The molecule has 1 aromatic rings. The molecule has 0 aliphatic rings. The normalized spacial score (nSPS) is 12.1. The van der Waals surface area contributed by atoms with E-state index in [1.165, 1.54) is 6.92 Å². The molecule has 0 aliphatic carbocycles. The van der Waals surface area contributed by atoms with Crippen molar-refractivity contribution in [3.63, 3.8) is 0 Å². The van der Waals surface area contributed by atoms with E-state index in [-0.39, 0.29) is 6.61 Å². The van der Waals surface area contributed by atoms with E-state index in [1.54, 1.807) is 0 Å². The Kier molecular flexibility index (Phi) is 4.63. The van der Waals surface area contributed by atoms with Crippen LogP contribution in [0.1, 0.15) is 22.8 Å². The van der Waals surface area contributed by atoms with Crippen LogP contribution < -0.4 is 0 Å². The first-order valence-electron chi connectivity index (χ1n) is 5.30. The van der Waals surface area contributed by atoms with Gasteiger partial charge in [-0.1, -0.05) is 0 Å². The summed E-state index contributed by atoms with van der Waals surface area (Å²) in [4.78, 5) is 22.6. The Labute approximate surface area is 106 Å². The average molecular weight is 278 g/mol. The van der Waals surface area contributed by atoms with Crippen LogP contribution in [-0.2, 0) is 9.53 Å². The second-order valence-electron chi connectivity index (χ2n) is 3.64. The van der Waals surface area contributed by atoms with E-state index in [1.807, 2.05) is 0 Å². The van der Waals surface area contributed by atoms with Crippen molar-refractivity contribution in [1.29, 1.82) is 0 Å². The predicted octanol–water partition coefficient (Wildman–Crippen LogP) is 2.50. The molecule has 0 aromatic heterocycles. The maximum absolute atomic E-state index is 13.4. The van der Waals surface area contributed by atoms with Gasteiger partial charge in [0.2, 0.25) is 5.78 Å². The minimum atomic E-state index is -2.71. The highest BCUT2D eigenvalue weighted by Crippen LogP contribution is 2.21. The van der Waals surface area contributed by atoms with Gasteiger partial charge in [0.05, 0.1) is 6.61 Å². The van der Waals surface area contributed by atoms with E-state index in [9.17, 15) is 27.2 Å². The number of ketones is 1. The lowest BCUT2D eigenvalue weighted by Gasteiger charge is -2.10. The van der Waals surface area contributed by atoms with Gasteiger partial charge in [-0.25, -0.2) is 22.4 Å². The first kappa shape index (κ1) is 15.1. The lowest BCUT2D eigenvalue weighted by Crippen LogP contribution is -2.29. The molecule has 1 unspecified atom stereocenters. The van der Waals surface area contributed by atoms with Gasteiger partial charge in [0.1, 0.15) is 0 Å². The fourth-order valence-electron chi connectivity index (χ4n) is 1.40. The Balaban J connectivity index is 3.17. The van der Waals surface area contributed by atoms with Crippen molar-refractivity contribution in [2.45, 2.75) is 20.0 Å². The number of carbonyl (C=O) groups is 2. The molecule has 0 bridgehead atoms. The lowest BCUT2D eigenvalue weighted by atomic mass is 10.0. The van der Waals surface area contributed by atoms with E-state index in [2.05, 4.69) is 4.74 Å². The van der Waals surface area contributed by atoms with Crippen molar-refractivity contribution >= 4 is 11.8 Å². The molecule has 0 saturated heterocycles. The Morgan fingerprint density at radius 2 is 1.84 bits per heavy atom. The van der Waals surface area contributed by atoms with E-state index >= 15 is 0 Å². The molecule has 19 heavy (non-hydrogen) atoms. The second kappa shape index (κ2) is 5.81. The predicted molar refractivity (Wildman–Crippen MR) is 56.9 cm³/mol. The second-order valence-corrected chi connectivity index (χ2v) is 3.64. The van der Waals surface area contributed by atoms with Crippen LogP contribution in [0.25, 0.3) is 0 Å². The molecule has 0 saturated carbocycles. The van der Waals surface area contributed by atoms with Crippen molar-refractivity contribution in [3.8, 4) is 0 Å². The van der Waals surface area contributed by atoms with Crippen LogP contribution in [-0.4, -0.2) is 24.5 Å². The van der Waals surface area contributed by atoms with Gasteiger partial charge in [-0.05, 0) is 25.5 Å². The van der Waals surface area contributed by atoms with E-state index in [0.717, 1.165) is 6.92 Å². The highest BCUT2D eigenvalue weighted by molar-refractivity contribution is 6.11. The molecule has 0 heterocycles. The average Bonchev–Trinajstić information content (AvgIpc) is 2.39. The molecule has 1 atom stereocenters. The number of Topliss-reactive ketones (excluding diaryl/α,β-unsaturated/α-hetero) is 1. The van der Waals surface area contributed by atoms with Crippen molar-refractivity contribution in [3.05, 3.63) is 34.6 Å². The molecule has 0 radical (unpaired) electrons. The number of carbonyl (C=O) groups excluding carboxylic acids is 2. The molecule has 7 heteroatoms. The standard InChI is InChI=1S/C12H10F4O3/c1-3-19-12(18)10(16)11(17)6-4-7(13)9(15)8(14)5(6)2/h4,10H,3H2,1-2H3. The van der Waals surface area contributed by atoms with Gasteiger partial charge >= 0.3 is 5.97 Å². The quantitative estimate of drug-likeness (QED) is 0.279. The van der Waals surface area contributed by atoms with Gasteiger partial charge in [0.15, 0.2) is 17.5 Å². The summed E-state index contributed by atoms with van der Waals surface area (Å²) in [7, 11) is 0. The molecule has 0 amide bonds. The number of esters is 1. The smallest absolute Gasteiger partial charge is 0.348 e. The molecule has 0 N–H and O–H groups in total. The zero-order valence-electron chi connectivity index (χ0n) is 10.1. The maximum atomic E-state index is 13.4. The van der Waals surface area contributed by atoms with Crippen molar-refractivity contribution in [1.82, 2.24) is 0 Å². The summed E-state index contributed by atoms with van der Waals surface area (Å²) in [5.41, 5.74) is -1.31. The molecule has 0 aliphatic heterocycles. The van der Waals surface area contributed by atoms with Crippen LogP contribution in [0.2, 0.25) is 0 Å². The topological polar surface area (TPSA) is 43.4 Å². The van der Waals surface area contributed by atoms with Crippen LogP contribution in [0.5, 0.6) is 0 Å². The van der Waals surface area contributed by atoms with Crippen LogP contribution in [0.15, 0.2) is 6.07 Å². The van der Waals surface area contributed by atoms with Crippen LogP contribution >= 0.6 is 0 Å². The fraction of sp³-hybridized carbons (Fsp3) is 0.333. The van der Waals surface area contributed by atoms with Gasteiger partial charge in [-0.15, -0.1) is 0 Å². The number of hydrogen-bond acceptors (Lipinski definition) is 3. The fourth-order valence-corrected chi connectivity index (χ4v) is 1.40. The van der Waals surface area contributed by atoms with Crippen molar-refractivity contribution < 1.29 is 31.9 Å². The third-order valence-electron chi connectivity index (χ3n) is 2.40. The highest BCUT2D eigenvalue weighted by Gasteiger charge is 2.31. The zero-order chi connectivity index (χ0) is 14.7. The number of rotatable bonds is 4. The van der Waals surface area contributed by atoms with Gasteiger partial charge < -0.3 is 4.74 Å². The molecular formula is C12H10F4O3. The summed E-state index contributed by atoms with van der Waals surface area (Å²) < 4.78 is 56.8. The third kappa shape index (κ3) is 2.91. The number of hydrogen-bond donors (Lipinski definition) is 0. The summed E-state index contributed by atoms with van der Waals surface area (Å²) in [6.07, 6.45) is -2.71. The summed E-state index contributed by atoms with van der Waals surface area (Å²) in [5.74, 6) is -7.94. The zero-order valence-corrected chi connectivity index (χ0v) is 10.1. The number of ether oxygens (including phenoxy) is 1. The van der Waals surface area contributed by atoms with Crippen molar-refractivity contribution in [2.24, 2.45) is 0 Å². The molecule has 0 spiro atoms. The first-order valence-corrected chi connectivity index (χ1v) is 5.30. The summed E-state index contributed by atoms with van der Waals surface area (Å²) in [6, 6.07) is 0.349. The van der Waals surface area contributed by atoms with Crippen molar-refractivity contribution in [2.75, 3.05) is 6.61 Å². The molecule has 3 nitrogen and oxygen atoms in total. The number of halogens is 4. The molecule has 104 valence electrons. The highest BCUT2D eigenvalue weighted by atomic mass is 19.2. The van der Waals surface area contributed by atoms with Gasteiger partial charge in [-0.3, -0.25) is 4.79 Å². The summed E-state index contributed by atoms with van der Waals surface area (Å²) in [5, 5.41) is 0. The molecule has 0 fully saturated rings. The van der Waals surface area contributed by atoms with E-state index in [4.69, 9.17) is 0 Å². The summed E-state index contributed by atoms with van der Waals surface area (Å²) in [6.45, 7) is 2.22. The Bertz CT molecular complexity index is 528. The lowest BCUT2D eigenvalue weighted by molar-refractivity contribution is -0.147. The summed E-state index contributed by atoms with van der Waals surface area (Å²) >= 11 is 0. The Morgan fingerprint density at radius 3 is 2.37 bits per heavy atom. The maximum Gasteiger partial charge on any atom is 0.348 e. The van der Waals surface area contributed by atoms with E-state index in [0.29, 0.717) is 6.07 Å². The number of alkyl halides is 1. The van der Waals surface area contributed by atoms with E-state index < -0.39 is 46.5 Å². The largest absolute Gasteiger partial charge is 0.463 e. The first-order chi connectivity index (χ1) is 8.81. The Morgan fingerprint density at radius 1 is 1.26 bits per heavy atom. The minimum Gasteiger partial charge on any atom is -0.463 e. The van der Waals surface area contributed by atoms with Gasteiger partial charge in [0, 0.05) is 5.56 Å². The van der Waals surface area contributed by atoms with Gasteiger partial charge in [0.25, 0.3) is 6.17 Å². The number of benzene rings is 1. The molecule has 1 aromatic carbocycles. The molecule has 1 rings (SSSR count). The minimum absolute atomic E-state index is 0.155. The van der Waals surface area contributed by atoms with Gasteiger partial charge in [-0.2, -0.15) is 0 Å². The van der Waals surface area contributed by atoms with Crippen LogP contribution in [0, 0.1) is 24.4 Å². The SMILES string of the molecule is CCOC(=O)C(F)C(=O)c1cc(F)c(F)c(F)c1C.